The number of hydrogen-bond acceptors (Lipinski definition) is 3. The maximum Gasteiger partial charge on any atom is 0.225 e. The molecular weight excluding hydrogens is 324 g/mol. The minimum absolute atomic E-state index is 0.130. The molecule has 3 aliphatic rings. The van der Waals surface area contributed by atoms with Gasteiger partial charge < -0.3 is 14.4 Å². The van der Waals surface area contributed by atoms with E-state index in [1.807, 2.05) is 12.3 Å². The van der Waals surface area contributed by atoms with Gasteiger partial charge in [0.2, 0.25) is 5.91 Å². The van der Waals surface area contributed by atoms with E-state index in [1.165, 1.54) is 17.8 Å². The van der Waals surface area contributed by atoms with Crippen LogP contribution in [-0.4, -0.2) is 40.0 Å². The van der Waals surface area contributed by atoms with Gasteiger partial charge in [0.25, 0.3) is 0 Å². The summed E-state index contributed by atoms with van der Waals surface area (Å²) in [6, 6.07) is 8.54. The van der Waals surface area contributed by atoms with E-state index in [9.17, 15) is 4.79 Å². The number of amides is 1. The number of pyridine rings is 1. The van der Waals surface area contributed by atoms with E-state index in [-0.39, 0.29) is 11.5 Å². The molecule has 4 heterocycles. The number of hydrogen-bond donors (Lipinski definition) is 0. The molecule has 0 unspecified atom stereocenters. The van der Waals surface area contributed by atoms with Crippen LogP contribution in [0.25, 0.3) is 5.82 Å². The van der Waals surface area contributed by atoms with Crippen molar-refractivity contribution < 1.29 is 4.79 Å². The highest BCUT2D eigenvalue weighted by atomic mass is 16.2. The van der Waals surface area contributed by atoms with Crippen molar-refractivity contribution in [1.82, 2.24) is 14.5 Å². The molecular formula is C21H26N4O. The molecule has 5 rings (SSSR count). The fourth-order valence-corrected chi connectivity index (χ4v) is 4.98. The lowest BCUT2D eigenvalue weighted by Crippen LogP contribution is -2.53. The number of nitrogens with zero attached hydrogens (tertiary/aromatic N) is 4. The van der Waals surface area contributed by atoms with E-state index in [1.54, 1.807) is 0 Å². The van der Waals surface area contributed by atoms with Gasteiger partial charge in [-0.15, -0.1) is 0 Å². The van der Waals surface area contributed by atoms with Gasteiger partial charge in [0.1, 0.15) is 5.54 Å². The highest BCUT2D eigenvalue weighted by molar-refractivity contribution is 5.80. The fraction of sp³-hybridized carbons (Fsp3) is 0.524. The lowest BCUT2D eigenvalue weighted by atomic mass is 9.84. The summed E-state index contributed by atoms with van der Waals surface area (Å²) in [5.74, 6) is 1.66. The standard InChI is InChI=1S/C21H26N4O/c1-2-12-25-17-8-4-11-22-19(17)24-13-5-9-18(24)21(25)10-14-23(15-21)20(26)16-6-3-7-16/h4-5,8-9,11,13,16H,2-3,6-7,10,12,14-15H2,1H3/t21-/m0/s1. The first kappa shape index (κ1) is 15.9. The van der Waals surface area contributed by atoms with Crippen molar-refractivity contribution in [1.29, 1.82) is 0 Å². The summed E-state index contributed by atoms with van der Waals surface area (Å²) in [6.45, 7) is 4.86. The normalized spacial score (nSPS) is 24.5. The Morgan fingerprint density at radius 1 is 1.31 bits per heavy atom. The predicted molar refractivity (Wildman–Crippen MR) is 101 cm³/mol. The molecule has 1 spiro atoms. The highest BCUT2D eigenvalue weighted by Crippen LogP contribution is 2.47. The van der Waals surface area contributed by atoms with Crippen LogP contribution in [0.4, 0.5) is 5.69 Å². The fourth-order valence-electron chi connectivity index (χ4n) is 4.98. The molecule has 1 amide bonds. The molecule has 0 radical (unpaired) electrons. The first-order valence-electron chi connectivity index (χ1n) is 9.94. The Balaban J connectivity index is 1.58. The Kier molecular flexibility index (Phi) is 3.59. The van der Waals surface area contributed by atoms with Gasteiger partial charge in [0, 0.05) is 37.9 Å². The van der Waals surface area contributed by atoms with Crippen molar-refractivity contribution in [2.45, 2.75) is 44.6 Å². The molecule has 2 aromatic rings. The lowest BCUT2D eigenvalue weighted by Gasteiger charge is -2.47. The highest BCUT2D eigenvalue weighted by Gasteiger charge is 2.51. The summed E-state index contributed by atoms with van der Waals surface area (Å²) in [7, 11) is 0. The van der Waals surface area contributed by atoms with Crippen LogP contribution in [0.5, 0.6) is 0 Å². The summed E-state index contributed by atoms with van der Waals surface area (Å²) >= 11 is 0. The lowest BCUT2D eigenvalue weighted by molar-refractivity contribution is -0.137. The van der Waals surface area contributed by atoms with Gasteiger partial charge in [0.15, 0.2) is 5.82 Å². The van der Waals surface area contributed by atoms with Crippen LogP contribution in [-0.2, 0) is 10.3 Å². The number of fused-ring (bicyclic) bond motifs is 4. The minimum atomic E-state index is -0.130. The van der Waals surface area contributed by atoms with Gasteiger partial charge in [-0.25, -0.2) is 4.98 Å². The van der Waals surface area contributed by atoms with Crippen molar-refractivity contribution in [2.24, 2.45) is 5.92 Å². The van der Waals surface area contributed by atoms with Gasteiger partial charge in [-0.2, -0.15) is 0 Å². The van der Waals surface area contributed by atoms with E-state index in [0.717, 1.165) is 51.1 Å². The molecule has 2 aliphatic heterocycles. The third-order valence-corrected chi connectivity index (χ3v) is 6.49. The summed E-state index contributed by atoms with van der Waals surface area (Å²) in [5.41, 5.74) is 2.34. The zero-order valence-electron chi connectivity index (χ0n) is 15.4. The first-order chi connectivity index (χ1) is 12.7. The second kappa shape index (κ2) is 5.86. The van der Waals surface area contributed by atoms with Gasteiger partial charge in [-0.3, -0.25) is 4.79 Å². The summed E-state index contributed by atoms with van der Waals surface area (Å²) in [4.78, 5) is 22.2. The van der Waals surface area contributed by atoms with Gasteiger partial charge in [-0.1, -0.05) is 13.3 Å². The van der Waals surface area contributed by atoms with Gasteiger partial charge in [-0.05, 0) is 49.9 Å². The predicted octanol–water partition coefficient (Wildman–Crippen LogP) is 3.33. The molecule has 5 nitrogen and oxygen atoms in total. The van der Waals surface area contributed by atoms with Crippen LogP contribution in [0.2, 0.25) is 0 Å². The molecule has 1 atom stereocenters. The van der Waals surface area contributed by atoms with Gasteiger partial charge in [0.05, 0.1) is 11.4 Å². The van der Waals surface area contributed by atoms with Crippen LogP contribution in [0.3, 0.4) is 0 Å². The van der Waals surface area contributed by atoms with Crippen molar-refractivity contribution in [3.05, 3.63) is 42.4 Å². The number of likely N-dealkylation sites (tertiary alicyclic amines) is 1. The van der Waals surface area contributed by atoms with Crippen molar-refractivity contribution >= 4 is 11.6 Å². The number of anilines is 1. The molecule has 2 aromatic heterocycles. The van der Waals surface area contributed by atoms with E-state index < -0.39 is 0 Å². The third-order valence-electron chi connectivity index (χ3n) is 6.49. The van der Waals surface area contributed by atoms with E-state index in [0.29, 0.717) is 5.91 Å². The minimum Gasteiger partial charge on any atom is -0.355 e. The molecule has 1 aliphatic carbocycles. The molecule has 5 heteroatoms. The SMILES string of the molecule is CCCN1c2cccnc2-n2cccc2[C@@]12CCN(C(=O)C1CCC1)C2. The number of carbonyl (C=O) groups is 1. The van der Waals surface area contributed by atoms with Crippen LogP contribution < -0.4 is 4.90 Å². The summed E-state index contributed by atoms with van der Waals surface area (Å²) < 4.78 is 2.23. The molecule has 1 saturated heterocycles. The second-order valence-electron chi connectivity index (χ2n) is 7.93. The molecule has 26 heavy (non-hydrogen) atoms. The van der Waals surface area contributed by atoms with Gasteiger partial charge >= 0.3 is 0 Å². The monoisotopic (exact) mass is 350 g/mol. The first-order valence-corrected chi connectivity index (χ1v) is 9.94. The molecule has 0 bridgehead atoms. The molecule has 136 valence electrons. The van der Waals surface area contributed by atoms with Crippen LogP contribution >= 0.6 is 0 Å². The average molecular weight is 350 g/mol. The second-order valence-corrected chi connectivity index (χ2v) is 7.93. The Labute approximate surface area is 154 Å². The van der Waals surface area contributed by atoms with Crippen LogP contribution in [0.1, 0.15) is 44.7 Å². The van der Waals surface area contributed by atoms with Crippen molar-refractivity contribution in [3.8, 4) is 5.82 Å². The summed E-state index contributed by atoms with van der Waals surface area (Å²) in [5, 5.41) is 0. The zero-order chi connectivity index (χ0) is 17.7. The van der Waals surface area contributed by atoms with Crippen molar-refractivity contribution in [3.63, 3.8) is 0 Å². The van der Waals surface area contributed by atoms with E-state index in [4.69, 9.17) is 0 Å². The molecule has 1 saturated carbocycles. The maximum absolute atomic E-state index is 12.9. The quantitative estimate of drug-likeness (QED) is 0.853. The Hall–Kier alpha value is -2.30. The third kappa shape index (κ3) is 2.09. The molecule has 0 aromatic carbocycles. The number of rotatable bonds is 3. The Morgan fingerprint density at radius 2 is 2.19 bits per heavy atom. The Bertz CT molecular complexity index is 840. The topological polar surface area (TPSA) is 41.4 Å². The molecule has 2 fully saturated rings. The van der Waals surface area contributed by atoms with Crippen LogP contribution in [0.15, 0.2) is 36.7 Å². The average Bonchev–Trinajstić information content (AvgIpc) is 3.26. The van der Waals surface area contributed by atoms with E-state index in [2.05, 4.69) is 50.7 Å². The van der Waals surface area contributed by atoms with Crippen molar-refractivity contribution in [2.75, 3.05) is 24.5 Å². The molecule has 0 N–H and O–H groups in total. The maximum atomic E-state index is 12.9. The smallest absolute Gasteiger partial charge is 0.225 e. The largest absolute Gasteiger partial charge is 0.355 e. The number of carbonyl (C=O) groups excluding carboxylic acids is 1. The number of aromatic nitrogens is 2. The van der Waals surface area contributed by atoms with E-state index >= 15 is 0 Å². The summed E-state index contributed by atoms with van der Waals surface area (Å²) in [6.07, 6.45) is 9.40. The zero-order valence-corrected chi connectivity index (χ0v) is 15.4. The van der Waals surface area contributed by atoms with Crippen LogP contribution in [0, 0.1) is 5.92 Å². The Morgan fingerprint density at radius 3 is 2.96 bits per heavy atom.